The van der Waals surface area contributed by atoms with E-state index >= 15 is 0 Å². The number of nitrogen functional groups attached to an aromatic ring is 1. The molecule has 0 saturated heterocycles. The summed E-state index contributed by atoms with van der Waals surface area (Å²) in [6.45, 7) is 2.28. The number of unbranched alkanes of at least 4 members (excludes halogenated alkanes) is 1. The lowest BCUT2D eigenvalue weighted by molar-refractivity contribution is 0.276. The van der Waals surface area contributed by atoms with E-state index in [1.165, 1.54) is 0 Å². The monoisotopic (exact) mass is 254 g/mol. The number of nitrogens with two attached hydrogens (primary N) is 1. The average molecular weight is 254 g/mol. The Hall–Kier alpha value is -1.56. The summed E-state index contributed by atoms with van der Waals surface area (Å²) < 4.78 is 5.18. The Morgan fingerprint density at radius 3 is 2.89 bits per heavy atom. The Bertz CT molecular complexity index is 360. The van der Waals surface area contributed by atoms with Gasteiger partial charge in [0.2, 0.25) is 5.95 Å². The molecule has 6 heteroatoms. The molecule has 0 spiro atoms. The van der Waals surface area contributed by atoms with Gasteiger partial charge in [0, 0.05) is 12.6 Å². The van der Waals surface area contributed by atoms with Crippen LogP contribution in [0.5, 0.6) is 5.75 Å². The Morgan fingerprint density at radius 2 is 2.28 bits per heavy atom. The Balaban J connectivity index is 2.74. The van der Waals surface area contributed by atoms with Gasteiger partial charge in [-0.3, -0.25) is 0 Å². The number of nitrogens with zero attached hydrogens (tertiary/aromatic N) is 2. The molecule has 1 atom stereocenters. The molecule has 18 heavy (non-hydrogen) atoms. The maximum absolute atomic E-state index is 9.07. The van der Waals surface area contributed by atoms with Gasteiger partial charge in [-0.15, -0.1) is 0 Å². The molecule has 0 fully saturated rings. The molecule has 4 N–H and O–H groups in total. The van der Waals surface area contributed by atoms with Crippen molar-refractivity contribution >= 4 is 11.8 Å². The number of aromatic nitrogens is 2. The molecule has 0 bridgehead atoms. The zero-order chi connectivity index (χ0) is 13.4. The minimum absolute atomic E-state index is 0.143. The second-order valence-electron chi connectivity index (χ2n) is 4.14. The molecule has 0 saturated carbocycles. The lowest BCUT2D eigenvalue weighted by atomic mass is 10.1. The zero-order valence-electron chi connectivity index (χ0n) is 11.0. The molecular formula is C12H22N4O2. The number of rotatable bonds is 8. The third-order valence-corrected chi connectivity index (χ3v) is 2.72. The standard InChI is InChI=1S/C12H22N4O2/c1-3-4-5-9(6-7-17)15-11-10(18-2)8-14-12(13)16-11/h8-9,17H,3-7H2,1-2H3,(H3,13,14,15,16)/t9-/m0/s1. The number of ether oxygens (including phenoxy) is 1. The number of hydrogen-bond donors (Lipinski definition) is 3. The van der Waals surface area contributed by atoms with Crippen LogP contribution in [0.4, 0.5) is 11.8 Å². The number of nitrogens with one attached hydrogen (secondary N) is 1. The second-order valence-corrected chi connectivity index (χ2v) is 4.14. The quantitative estimate of drug-likeness (QED) is 0.649. The number of methoxy groups -OCH3 is 1. The summed E-state index contributed by atoms with van der Waals surface area (Å²) in [4.78, 5) is 8.00. The van der Waals surface area contributed by atoms with E-state index in [1.807, 2.05) is 0 Å². The molecule has 0 aliphatic carbocycles. The molecular weight excluding hydrogens is 232 g/mol. The van der Waals surface area contributed by atoms with Gasteiger partial charge in [0.25, 0.3) is 0 Å². The van der Waals surface area contributed by atoms with E-state index in [1.54, 1.807) is 13.3 Å². The Morgan fingerprint density at radius 1 is 1.50 bits per heavy atom. The van der Waals surface area contributed by atoms with Crippen molar-refractivity contribution in [2.24, 2.45) is 0 Å². The lowest BCUT2D eigenvalue weighted by Gasteiger charge is -2.19. The fraction of sp³-hybridized carbons (Fsp3) is 0.667. The predicted octanol–water partition coefficient (Wildman–Crippen LogP) is 1.42. The summed E-state index contributed by atoms with van der Waals surface area (Å²) in [5.41, 5.74) is 5.56. The highest BCUT2D eigenvalue weighted by molar-refractivity contribution is 5.51. The van der Waals surface area contributed by atoms with Crippen LogP contribution in [0.3, 0.4) is 0 Å². The average Bonchev–Trinajstić information content (AvgIpc) is 2.36. The van der Waals surface area contributed by atoms with Crippen LogP contribution in [0.25, 0.3) is 0 Å². The Kier molecular flexibility index (Phi) is 6.21. The van der Waals surface area contributed by atoms with Crippen molar-refractivity contribution < 1.29 is 9.84 Å². The molecule has 102 valence electrons. The molecule has 1 aromatic heterocycles. The van der Waals surface area contributed by atoms with Crippen molar-refractivity contribution in [1.29, 1.82) is 0 Å². The summed E-state index contributed by atoms with van der Waals surface area (Å²) in [5.74, 6) is 1.35. The van der Waals surface area contributed by atoms with Gasteiger partial charge in [0.15, 0.2) is 11.6 Å². The van der Waals surface area contributed by atoms with Gasteiger partial charge in [0.05, 0.1) is 13.3 Å². The van der Waals surface area contributed by atoms with E-state index < -0.39 is 0 Å². The Labute approximate surface area is 108 Å². The zero-order valence-corrected chi connectivity index (χ0v) is 11.0. The SMILES string of the molecule is CCCC[C@@H](CCO)Nc1nc(N)ncc1OC. The third-order valence-electron chi connectivity index (χ3n) is 2.72. The fourth-order valence-corrected chi connectivity index (χ4v) is 1.73. The molecule has 1 heterocycles. The largest absolute Gasteiger partial charge is 0.491 e. The van der Waals surface area contributed by atoms with E-state index in [0.29, 0.717) is 18.0 Å². The first kappa shape index (κ1) is 14.5. The van der Waals surface area contributed by atoms with Crippen LogP contribution in [0.15, 0.2) is 6.20 Å². The summed E-state index contributed by atoms with van der Waals surface area (Å²) in [6.07, 6.45) is 5.41. The first-order valence-electron chi connectivity index (χ1n) is 6.25. The molecule has 0 aliphatic rings. The molecule has 6 nitrogen and oxygen atoms in total. The number of aliphatic hydroxyl groups excluding tert-OH is 1. The normalized spacial score (nSPS) is 12.2. The van der Waals surface area contributed by atoms with Gasteiger partial charge < -0.3 is 20.9 Å². The summed E-state index contributed by atoms with van der Waals surface area (Å²) >= 11 is 0. The molecule has 0 aromatic carbocycles. The predicted molar refractivity (Wildman–Crippen MR) is 71.6 cm³/mol. The van der Waals surface area contributed by atoms with E-state index in [4.69, 9.17) is 15.6 Å². The molecule has 0 radical (unpaired) electrons. The summed E-state index contributed by atoms with van der Waals surface area (Å²) in [7, 11) is 1.56. The summed E-state index contributed by atoms with van der Waals surface area (Å²) in [6, 6.07) is 0.165. The fourth-order valence-electron chi connectivity index (χ4n) is 1.73. The number of aliphatic hydroxyl groups is 1. The van der Waals surface area contributed by atoms with Crippen LogP contribution >= 0.6 is 0 Å². The van der Waals surface area contributed by atoms with Crippen LogP contribution in [0.2, 0.25) is 0 Å². The molecule has 1 rings (SSSR count). The minimum Gasteiger partial charge on any atom is -0.491 e. The van der Waals surface area contributed by atoms with Crippen molar-refractivity contribution in [2.45, 2.75) is 38.6 Å². The van der Waals surface area contributed by atoms with Gasteiger partial charge >= 0.3 is 0 Å². The van der Waals surface area contributed by atoms with Crippen molar-refractivity contribution in [1.82, 2.24) is 9.97 Å². The summed E-state index contributed by atoms with van der Waals surface area (Å²) in [5, 5.41) is 12.3. The topological polar surface area (TPSA) is 93.3 Å². The van der Waals surface area contributed by atoms with E-state index in [2.05, 4.69) is 22.2 Å². The molecule has 1 aromatic rings. The van der Waals surface area contributed by atoms with Crippen LogP contribution < -0.4 is 15.8 Å². The van der Waals surface area contributed by atoms with Crippen LogP contribution in [0, 0.1) is 0 Å². The number of hydrogen-bond acceptors (Lipinski definition) is 6. The van der Waals surface area contributed by atoms with Crippen molar-refractivity contribution in [3.63, 3.8) is 0 Å². The minimum atomic E-state index is 0.143. The van der Waals surface area contributed by atoms with Crippen molar-refractivity contribution in [3.05, 3.63) is 6.20 Å². The highest BCUT2D eigenvalue weighted by Crippen LogP contribution is 2.23. The maximum atomic E-state index is 9.07. The van der Waals surface area contributed by atoms with E-state index in [0.717, 1.165) is 19.3 Å². The van der Waals surface area contributed by atoms with Gasteiger partial charge in [-0.1, -0.05) is 19.8 Å². The first-order valence-corrected chi connectivity index (χ1v) is 6.25. The molecule has 0 aliphatic heterocycles. The highest BCUT2D eigenvalue weighted by atomic mass is 16.5. The van der Waals surface area contributed by atoms with Crippen LogP contribution in [-0.4, -0.2) is 34.8 Å². The lowest BCUT2D eigenvalue weighted by Crippen LogP contribution is -2.22. The highest BCUT2D eigenvalue weighted by Gasteiger charge is 2.12. The van der Waals surface area contributed by atoms with Gasteiger partial charge in [-0.05, 0) is 12.8 Å². The third kappa shape index (κ3) is 4.37. The smallest absolute Gasteiger partial charge is 0.222 e. The van der Waals surface area contributed by atoms with E-state index in [9.17, 15) is 0 Å². The maximum Gasteiger partial charge on any atom is 0.222 e. The van der Waals surface area contributed by atoms with Gasteiger partial charge in [-0.25, -0.2) is 4.98 Å². The second kappa shape index (κ2) is 7.71. The van der Waals surface area contributed by atoms with Crippen LogP contribution in [0.1, 0.15) is 32.6 Å². The van der Waals surface area contributed by atoms with Gasteiger partial charge in [0.1, 0.15) is 0 Å². The molecule has 0 unspecified atom stereocenters. The first-order chi connectivity index (χ1) is 8.71. The van der Waals surface area contributed by atoms with Crippen LogP contribution in [-0.2, 0) is 0 Å². The van der Waals surface area contributed by atoms with E-state index in [-0.39, 0.29) is 18.6 Å². The van der Waals surface area contributed by atoms with Gasteiger partial charge in [-0.2, -0.15) is 4.98 Å². The van der Waals surface area contributed by atoms with Crippen molar-refractivity contribution in [3.8, 4) is 5.75 Å². The molecule has 0 amide bonds. The number of anilines is 2. The van der Waals surface area contributed by atoms with Crippen molar-refractivity contribution in [2.75, 3.05) is 24.8 Å².